The van der Waals surface area contributed by atoms with Crippen molar-refractivity contribution in [2.45, 2.75) is 18.7 Å². The summed E-state index contributed by atoms with van der Waals surface area (Å²) in [6.45, 7) is 3.73. The van der Waals surface area contributed by atoms with Crippen molar-refractivity contribution < 1.29 is 14.3 Å². The van der Waals surface area contributed by atoms with E-state index in [9.17, 15) is 9.90 Å². The van der Waals surface area contributed by atoms with E-state index in [0.717, 1.165) is 33.3 Å². The monoisotopic (exact) mass is 350 g/mol. The Morgan fingerprint density at radius 3 is 2.36 bits per heavy atom. The Kier molecular flexibility index (Phi) is 5.10. The predicted molar refractivity (Wildman–Crippen MR) is 102 cm³/mol. The van der Waals surface area contributed by atoms with Crippen LogP contribution in [0.3, 0.4) is 0 Å². The normalized spacial score (nSPS) is 11.1. The summed E-state index contributed by atoms with van der Waals surface area (Å²) in [7, 11) is 0. The molecule has 3 aromatic rings. The second-order valence-corrected chi connectivity index (χ2v) is 6.79. The number of aryl methyl sites for hydroxylation is 2. The first kappa shape index (κ1) is 17.1. The van der Waals surface area contributed by atoms with Crippen molar-refractivity contribution in [1.29, 1.82) is 0 Å². The number of aromatic hydroxyl groups is 1. The number of rotatable bonds is 4. The average Bonchev–Trinajstić information content (AvgIpc) is 3.08. The lowest BCUT2D eigenvalue weighted by molar-refractivity contribution is 0.106. The molecule has 126 valence electrons. The lowest BCUT2D eigenvalue weighted by Crippen LogP contribution is -1.89. The predicted octanol–water partition coefficient (Wildman–Crippen LogP) is 5.70. The summed E-state index contributed by atoms with van der Waals surface area (Å²) in [6, 6.07) is 16.8. The molecule has 0 amide bonds. The number of benzene rings is 2. The molecule has 0 fully saturated rings. The van der Waals surface area contributed by atoms with Gasteiger partial charge < -0.3 is 9.52 Å². The van der Waals surface area contributed by atoms with Crippen molar-refractivity contribution >= 4 is 29.0 Å². The molecule has 0 saturated heterocycles. The van der Waals surface area contributed by atoms with Crippen molar-refractivity contribution in [3.63, 3.8) is 0 Å². The Bertz CT molecular complexity index is 900. The van der Waals surface area contributed by atoms with Gasteiger partial charge in [0.05, 0.1) is 0 Å². The van der Waals surface area contributed by atoms with Gasteiger partial charge in [-0.3, -0.25) is 4.79 Å². The Balaban J connectivity index is 1.72. The van der Waals surface area contributed by atoms with Crippen molar-refractivity contribution in [2.75, 3.05) is 0 Å². The van der Waals surface area contributed by atoms with Gasteiger partial charge in [-0.2, -0.15) is 0 Å². The molecular weight excluding hydrogens is 332 g/mol. The maximum atomic E-state index is 12.2. The lowest BCUT2D eigenvalue weighted by Gasteiger charge is -2.04. The number of carbonyl (C=O) groups excluding carboxylic acids is 1. The van der Waals surface area contributed by atoms with Gasteiger partial charge >= 0.3 is 0 Å². The van der Waals surface area contributed by atoms with Crippen molar-refractivity contribution in [3.05, 3.63) is 82.8 Å². The van der Waals surface area contributed by atoms with E-state index in [4.69, 9.17) is 4.42 Å². The molecule has 25 heavy (non-hydrogen) atoms. The molecule has 0 aliphatic rings. The van der Waals surface area contributed by atoms with Gasteiger partial charge in [0.1, 0.15) is 11.5 Å². The molecule has 0 spiro atoms. The van der Waals surface area contributed by atoms with Crippen LogP contribution in [0, 0.1) is 13.8 Å². The van der Waals surface area contributed by atoms with Crippen molar-refractivity contribution in [2.24, 2.45) is 0 Å². The zero-order valence-electron chi connectivity index (χ0n) is 14.0. The molecule has 3 rings (SSSR count). The van der Waals surface area contributed by atoms with Gasteiger partial charge in [0.2, 0.25) is 0 Å². The summed E-state index contributed by atoms with van der Waals surface area (Å²) in [5.41, 5.74) is 2.62. The van der Waals surface area contributed by atoms with Gasteiger partial charge in [0, 0.05) is 4.90 Å². The lowest BCUT2D eigenvalue weighted by atomic mass is 10.1. The summed E-state index contributed by atoms with van der Waals surface area (Å²) in [5, 5.41) is 9.70. The molecule has 1 heterocycles. The van der Waals surface area contributed by atoms with Crippen molar-refractivity contribution in [1.82, 2.24) is 0 Å². The number of furan rings is 1. The molecule has 0 unspecified atom stereocenters. The smallest absolute Gasteiger partial charge is 0.259 e. The summed E-state index contributed by atoms with van der Waals surface area (Å²) in [4.78, 5) is 13.1. The largest absolute Gasteiger partial charge is 0.507 e. The fourth-order valence-corrected chi connectivity index (χ4v) is 3.18. The van der Waals surface area contributed by atoms with Crippen LogP contribution in [0.5, 0.6) is 5.75 Å². The number of thioether (sulfide) groups is 1. The maximum absolute atomic E-state index is 12.2. The molecule has 0 radical (unpaired) electrons. The highest BCUT2D eigenvalue weighted by atomic mass is 32.2. The molecule has 0 saturated carbocycles. The van der Waals surface area contributed by atoms with E-state index in [1.54, 1.807) is 12.1 Å². The van der Waals surface area contributed by atoms with Gasteiger partial charge in [-0.1, -0.05) is 24.3 Å². The molecule has 2 aromatic carbocycles. The zero-order valence-corrected chi connectivity index (χ0v) is 14.8. The average molecular weight is 350 g/mol. The zero-order chi connectivity index (χ0) is 17.8. The molecule has 1 aromatic heterocycles. The Morgan fingerprint density at radius 2 is 1.68 bits per heavy atom. The van der Waals surface area contributed by atoms with E-state index in [0.29, 0.717) is 17.3 Å². The molecule has 0 atom stereocenters. The highest BCUT2D eigenvalue weighted by Crippen LogP contribution is 2.26. The maximum Gasteiger partial charge on any atom is 0.259 e. The summed E-state index contributed by atoms with van der Waals surface area (Å²) < 4.78 is 5.62. The van der Waals surface area contributed by atoms with Crippen LogP contribution in [0.15, 0.2) is 63.9 Å². The number of carbonyl (C=O) groups is 1. The van der Waals surface area contributed by atoms with Gasteiger partial charge in [-0.05, 0) is 84.8 Å². The number of phenolic OH excluding ortho intramolecular Hbond substituents is 1. The fraction of sp³-hybridized carbons (Fsp3) is 0.0952. The number of hydrogen-bond acceptors (Lipinski definition) is 4. The van der Waals surface area contributed by atoms with Crippen LogP contribution < -0.4 is 0 Å². The van der Waals surface area contributed by atoms with Gasteiger partial charge in [0.25, 0.3) is 5.12 Å². The first-order valence-corrected chi connectivity index (χ1v) is 8.70. The van der Waals surface area contributed by atoms with Gasteiger partial charge in [0.15, 0.2) is 5.76 Å². The minimum Gasteiger partial charge on any atom is -0.507 e. The topological polar surface area (TPSA) is 50.4 Å². The second kappa shape index (κ2) is 7.45. The van der Waals surface area contributed by atoms with E-state index in [1.807, 2.05) is 68.5 Å². The standard InChI is InChI=1S/C21H18O3S/c1-14-12-16(13-15(2)20(14)22)8-9-17-10-11-19(24-17)21(23)25-18-6-4-3-5-7-18/h3-13,22H,1-2H3/b9-8+. The minimum atomic E-state index is -0.123. The molecule has 0 aliphatic carbocycles. The first-order chi connectivity index (χ1) is 12.0. The molecule has 0 aliphatic heterocycles. The number of hydrogen-bond donors (Lipinski definition) is 1. The van der Waals surface area contributed by atoms with E-state index >= 15 is 0 Å². The summed E-state index contributed by atoms with van der Waals surface area (Å²) in [5.74, 6) is 1.26. The van der Waals surface area contributed by atoms with Crippen LogP contribution in [0.25, 0.3) is 12.2 Å². The van der Waals surface area contributed by atoms with E-state index < -0.39 is 0 Å². The molecule has 3 nitrogen and oxygen atoms in total. The van der Waals surface area contributed by atoms with Gasteiger partial charge in [-0.15, -0.1) is 0 Å². The quantitative estimate of drug-likeness (QED) is 0.613. The minimum absolute atomic E-state index is 0.123. The van der Waals surface area contributed by atoms with Crippen LogP contribution in [0.2, 0.25) is 0 Å². The molecule has 1 N–H and O–H groups in total. The van der Waals surface area contributed by atoms with Crippen LogP contribution in [-0.4, -0.2) is 10.2 Å². The van der Waals surface area contributed by atoms with E-state index in [2.05, 4.69) is 0 Å². The molecule has 4 heteroatoms. The highest BCUT2D eigenvalue weighted by molar-refractivity contribution is 8.14. The molecule has 0 bridgehead atoms. The SMILES string of the molecule is Cc1cc(/C=C/c2ccc(C(=O)Sc3ccccc3)o2)cc(C)c1O. The third kappa shape index (κ3) is 4.22. The third-order valence-corrected chi connectivity index (χ3v) is 4.63. The summed E-state index contributed by atoms with van der Waals surface area (Å²) in [6.07, 6.45) is 3.71. The van der Waals surface area contributed by atoms with Crippen LogP contribution in [-0.2, 0) is 0 Å². The Hall–Kier alpha value is -2.72. The Morgan fingerprint density at radius 1 is 1.00 bits per heavy atom. The van der Waals surface area contributed by atoms with E-state index in [-0.39, 0.29) is 5.12 Å². The highest BCUT2D eigenvalue weighted by Gasteiger charge is 2.12. The second-order valence-electron chi connectivity index (χ2n) is 5.74. The van der Waals surface area contributed by atoms with Crippen LogP contribution in [0.4, 0.5) is 0 Å². The Labute approximate surface area is 151 Å². The first-order valence-electron chi connectivity index (χ1n) is 7.88. The van der Waals surface area contributed by atoms with Gasteiger partial charge in [-0.25, -0.2) is 0 Å². The molecular formula is C21H18O3S. The number of phenols is 1. The van der Waals surface area contributed by atoms with Crippen LogP contribution in [0.1, 0.15) is 33.0 Å². The third-order valence-electron chi connectivity index (χ3n) is 3.74. The van der Waals surface area contributed by atoms with Crippen molar-refractivity contribution in [3.8, 4) is 5.75 Å². The fourth-order valence-electron chi connectivity index (χ4n) is 2.46. The van der Waals surface area contributed by atoms with E-state index in [1.165, 1.54) is 0 Å². The summed E-state index contributed by atoms with van der Waals surface area (Å²) >= 11 is 1.15. The van der Waals surface area contributed by atoms with Crippen LogP contribution >= 0.6 is 11.8 Å².